The van der Waals surface area contributed by atoms with Crippen LogP contribution in [0.25, 0.3) is 6.08 Å². The number of rotatable bonds is 5. The lowest BCUT2D eigenvalue weighted by molar-refractivity contribution is -0.0980. The lowest BCUT2D eigenvalue weighted by atomic mass is 9.98. The van der Waals surface area contributed by atoms with E-state index in [0.29, 0.717) is 16.1 Å². The van der Waals surface area contributed by atoms with Crippen molar-refractivity contribution in [3.63, 3.8) is 0 Å². The molecule has 0 bridgehead atoms. The maximum absolute atomic E-state index is 12.8. The second-order valence-corrected chi connectivity index (χ2v) is 8.28. The number of halogens is 1. The first-order valence-electron chi connectivity index (χ1n) is 11.1. The van der Waals surface area contributed by atoms with E-state index >= 15 is 0 Å². The van der Waals surface area contributed by atoms with Crippen LogP contribution in [0.5, 0.6) is 0 Å². The summed E-state index contributed by atoms with van der Waals surface area (Å²) < 4.78 is 0. The number of ketones is 1. The Labute approximate surface area is 213 Å². The van der Waals surface area contributed by atoms with Crippen LogP contribution >= 0.6 is 11.6 Å². The molecule has 4 rings (SSSR count). The fourth-order valence-corrected chi connectivity index (χ4v) is 3.48. The van der Waals surface area contributed by atoms with E-state index in [0.717, 1.165) is 22.5 Å². The first kappa shape index (κ1) is 27.3. The number of carbonyl (C=O) groups excluding carboxylic acids is 2. The van der Waals surface area contributed by atoms with E-state index in [1.165, 1.54) is 5.56 Å². The van der Waals surface area contributed by atoms with E-state index in [1.807, 2.05) is 111 Å². The highest BCUT2D eigenvalue weighted by Gasteiger charge is 2.11. The van der Waals surface area contributed by atoms with Gasteiger partial charge in [0.25, 0.3) is 0 Å². The predicted molar refractivity (Wildman–Crippen MR) is 149 cm³/mol. The summed E-state index contributed by atoms with van der Waals surface area (Å²) in [6.07, 6.45) is 1.77. The average Bonchev–Trinajstić information content (AvgIpc) is 2.91. The fraction of sp³-hybridized carbons (Fsp3) is 0.0968. The lowest BCUT2D eigenvalue weighted by Gasteiger charge is -2.19. The summed E-state index contributed by atoms with van der Waals surface area (Å²) in [5, 5.41) is 0.708. The summed E-state index contributed by atoms with van der Waals surface area (Å²) in [6, 6.07) is 31.2. The van der Waals surface area contributed by atoms with Crippen molar-refractivity contribution in [1.82, 2.24) is 0 Å². The second kappa shape index (κ2) is 13.7. The van der Waals surface area contributed by atoms with Gasteiger partial charge in [-0.25, -0.2) is 0 Å². The molecule has 0 N–H and O–H groups in total. The molecule has 0 radical (unpaired) electrons. The molecular formula is C31H30ClNO2. The Morgan fingerprint density at radius 1 is 0.771 bits per heavy atom. The van der Waals surface area contributed by atoms with Gasteiger partial charge in [-0.2, -0.15) is 0 Å². The minimum absolute atomic E-state index is 0.00814. The van der Waals surface area contributed by atoms with E-state index < -0.39 is 0 Å². The van der Waals surface area contributed by atoms with Gasteiger partial charge in [0.15, 0.2) is 5.78 Å². The molecule has 0 saturated heterocycles. The molecule has 0 aliphatic rings. The number of aryl methyl sites for hydroxylation is 2. The van der Waals surface area contributed by atoms with Crippen LogP contribution in [0.15, 0.2) is 104 Å². The van der Waals surface area contributed by atoms with Crippen molar-refractivity contribution in [2.45, 2.75) is 13.8 Å². The molecule has 0 unspecified atom stereocenters. The molecule has 35 heavy (non-hydrogen) atoms. The molecule has 0 atom stereocenters. The van der Waals surface area contributed by atoms with Crippen LogP contribution in [0.1, 0.15) is 32.6 Å². The zero-order chi connectivity index (χ0) is 25.8. The van der Waals surface area contributed by atoms with Gasteiger partial charge in [0.05, 0.1) is 0 Å². The van der Waals surface area contributed by atoms with Gasteiger partial charge in [-0.05, 0) is 79.6 Å². The Bertz CT molecular complexity index is 1230. The Balaban J connectivity index is 0.000000407. The van der Waals surface area contributed by atoms with E-state index in [-0.39, 0.29) is 5.78 Å². The standard InChI is InChI=1S/C23H20ClNO.C7H8.CH2O/c1-4-17-15-19(6-5-16(17)2)23(26)18-7-11-21(12-8-18)25(3)22-13-9-20(24)10-14-22;1-7-5-3-2-4-6-7;1-2/h4-15H,1H2,2-3H3;2-6H,1H3;1H2. The number of hydrogen-bond donors (Lipinski definition) is 0. The highest BCUT2D eigenvalue weighted by Crippen LogP contribution is 2.26. The summed E-state index contributed by atoms with van der Waals surface area (Å²) in [5.74, 6) is 0.00814. The van der Waals surface area contributed by atoms with Crippen molar-refractivity contribution in [1.29, 1.82) is 0 Å². The normalized spacial score (nSPS) is 9.60. The quantitative estimate of drug-likeness (QED) is 0.269. The number of benzene rings is 4. The Hall–Kier alpha value is -3.95. The van der Waals surface area contributed by atoms with Crippen LogP contribution in [0.2, 0.25) is 5.02 Å². The van der Waals surface area contributed by atoms with Crippen molar-refractivity contribution in [3.8, 4) is 0 Å². The Kier molecular flexibility index (Phi) is 10.7. The molecule has 0 amide bonds. The van der Waals surface area contributed by atoms with Crippen LogP contribution < -0.4 is 4.90 Å². The minimum atomic E-state index is 0.00814. The van der Waals surface area contributed by atoms with Crippen molar-refractivity contribution < 1.29 is 9.59 Å². The zero-order valence-electron chi connectivity index (χ0n) is 20.4. The van der Waals surface area contributed by atoms with Gasteiger partial charge in [0, 0.05) is 34.6 Å². The van der Waals surface area contributed by atoms with E-state index in [2.05, 4.69) is 25.6 Å². The predicted octanol–water partition coefficient (Wildman–Crippen LogP) is 8.10. The maximum atomic E-state index is 12.8. The number of anilines is 2. The summed E-state index contributed by atoms with van der Waals surface area (Å²) >= 11 is 5.95. The van der Waals surface area contributed by atoms with E-state index in [9.17, 15) is 4.79 Å². The molecule has 4 aromatic carbocycles. The Morgan fingerprint density at radius 3 is 1.77 bits per heavy atom. The third kappa shape index (κ3) is 7.80. The zero-order valence-corrected chi connectivity index (χ0v) is 21.1. The molecule has 178 valence electrons. The van der Waals surface area contributed by atoms with Crippen molar-refractivity contribution in [2.24, 2.45) is 0 Å². The number of carbonyl (C=O) groups is 2. The molecule has 0 saturated carbocycles. The van der Waals surface area contributed by atoms with Gasteiger partial charge in [-0.3, -0.25) is 4.79 Å². The van der Waals surface area contributed by atoms with Gasteiger partial charge >= 0.3 is 0 Å². The van der Waals surface area contributed by atoms with Gasteiger partial charge in [-0.15, -0.1) is 0 Å². The molecule has 0 aliphatic heterocycles. The molecule has 4 heteroatoms. The summed E-state index contributed by atoms with van der Waals surface area (Å²) in [4.78, 5) is 22.8. The maximum Gasteiger partial charge on any atom is 0.193 e. The summed E-state index contributed by atoms with van der Waals surface area (Å²) in [5.41, 5.74) is 6.78. The fourth-order valence-electron chi connectivity index (χ4n) is 3.35. The van der Waals surface area contributed by atoms with E-state index in [1.54, 1.807) is 6.08 Å². The molecule has 4 aromatic rings. The first-order valence-corrected chi connectivity index (χ1v) is 11.4. The van der Waals surface area contributed by atoms with Crippen LogP contribution in [0.3, 0.4) is 0 Å². The monoisotopic (exact) mass is 483 g/mol. The highest BCUT2D eigenvalue weighted by molar-refractivity contribution is 6.30. The lowest BCUT2D eigenvalue weighted by Crippen LogP contribution is -2.09. The third-order valence-electron chi connectivity index (χ3n) is 5.43. The highest BCUT2D eigenvalue weighted by atomic mass is 35.5. The molecule has 0 fully saturated rings. The van der Waals surface area contributed by atoms with Crippen LogP contribution in [0, 0.1) is 13.8 Å². The van der Waals surface area contributed by atoms with Crippen LogP contribution in [0.4, 0.5) is 11.4 Å². The van der Waals surface area contributed by atoms with Crippen LogP contribution in [-0.4, -0.2) is 19.6 Å². The first-order chi connectivity index (χ1) is 16.9. The van der Waals surface area contributed by atoms with Crippen molar-refractivity contribution in [3.05, 3.63) is 136 Å². The van der Waals surface area contributed by atoms with Crippen molar-refractivity contribution in [2.75, 3.05) is 11.9 Å². The molecule has 0 heterocycles. The van der Waals surface area contributed by atoms with Gasteiger partial charge in [-0.1, -0.05) is 72.3 Å². The summed E-state index contributed by atoms with van der Waals surface area (Å²) in [7, 11) is 1.98. The average molecular weight is 484 g/mol. The Morgan fingerprint density at radius 2 is 1.29 bits per heavy atom. The molecule has 3 nitrogen and oxygen atoms in total. The van der Waals surface area contributed by atoms with Gasteiger partial charge < -0.3 is 9.69 Å². The minimum Gasteiger partial charge on any atom is -0.345 e. The summed E-state index contributed by atoms with van der Waals surface area (Å²) in [6.45, 7) is 9.90. The molecule has 0 aromatic heterocycles. The smallest absolute Gasteiger partial charge is 0.193 e. The number of nitrogens with zero attached hydrogens (tertiary/aromatic N) is 1. The topological polar surface area (TPSA) is 37.4 Å². The van der Waals surface area contributed by atoms with Gasteiger partial charge in [0.2, 0.25) is 0 Å². The molecule has 0 aliphatic carbocycles. The second-order valence-electron chi connectivity index (χ2n) is 7.84. The largest absolute Gasteiger partial charge is 0.345 e. The van der Waals surface area contributed by atoms with Crippen molar-refractivity contribution >= 4 is 41.6 Å². The molecule has 0 spiro atoms. The van der Waals surface area contributed by atoms with Crippen LogP contribution in [-0.2, 0) is 4.79 Å². The van der Waals surface area contributed by atoms with E-state index in [4.69, 9.17) is 16.4 Å². The van der Waals surface area contributed by atoms with Gasteiger partial charge in [0.1, 0.15) is 6.79 Å². The third-order valence-corrected chi connectivity index (χ3v) is 5.68. The molecular weight excluding hydrogens is 454 g/mol. The number of hydrogen-bond acceptors (Lipinski definition) is 3. The SMILES string of the molecule is C=Cc1cc(C(=O)c2ccc(N(C)c3ccc(Cl)cc3)cc2)ccc1C.C=O.Cc1ccccc1.